The lowest BCUT2D eigenvalue weighted by molar-refractivity contribution is -0.114. The molecule has 35 heavy (non-hydrogen) atoms. The summed E-state index contributed by atoms with van der Waals surface area (Å²) in [5.74, 6) is 0.563. The molecule has 1 aliphatic rings. The van der Waals surface area contributed by atoms with Crippen molar-refractivity contribution >= 4 is 39.1 Å². The molecule has 4 aromatic carbocycles. The highest BCUT2D eigenvalue weighted by molar-refractivity contribution is 7.97. The molecule has 174 valence electrons. The smallest absolute Gasteiger partial charge is 0.271 e. The van der Waals surface area contributed by atoms with E-state index in [-0.39, 0.29) is 4.91 Å². The predicted molar refractivity (Wildman–Crippen MR) is 138 cm³/mol. The number of carbonyl (C=O) groups excluding carboxylic acids is 1. The van der Waals surface area contributed by atoms with E-state index in [4.69, 9.17) is 16.3 Å². The van der Waals surface area contributed by atoms with Gasteiger partial charge in [0.15, 0.2) is 5.37 Å². The first-order valence-corrected chi connectivity index (χ1v) is 12.8. The average Bonchev–Trinajstić information content (AvgIpc) is 3.06. The van der Waals surface area contributed by atoms with Crippen LogP contribution in [0, 0.1) is 0 Å². The van der Waals surface area contributed by atoms with Crippen LogP contribution in [0.15, 0.2) is 114 Å². The number of benzene rings is 4. The van der Waals surface area contributed by atoms with Gasteiger partial charge in [0.2, 0.25) is 9.84 Å². The second-order valence-corrected chi connectivity index (χ2v) is 10.4. The topological polar surface area (TPSA) is 63.7 Å². The minimum absolute atomic E-state index is 0.289. The third kappa shape index (κ3) is 4.58. The second kappa shape index (κ2) is 9.41. The van der Waals surface area contributed by atoms with Gasteiger partial charge in [-0.05, 0) is 59.7 Å². The van der Waals surface area contributed by atoms with Gasteiger partial charge < -0.3 is 4.74 Å². The van der Waals surface area contributed by atoms with Gasteiger partial charge in [-0.25, -0.2) is 8.42 Å². The lowest BCUT2D eigenvalue weighted by Crippen LogP contribution is -2.28. The standard InChI is InChI=1S/C28H20ClNO4S/c29-22-12-8-13-23(19-22)30-27(31)26(35(32,33)28(30)21-10-3-1-4-11-21)18-20-9-7-16-25(17-20)34-24-14-5-2-6-15-24/h1-19,28H/b26-18+. The third-order valence-corrected chi connectivity index (χ3v) is 7.78. The fourth-order valence-corrected chi connectivity index (χ4v) is 6.10. The quantitative estimate of drug-likeness (QED) is 0.288. The zero-order valence-corrected chi connectivity index (χ0v) is 20.0. The number of anilines is 1. The van der Waals surface area contributed by atoms with E-state index in [2.05, 4.69) is 0 Å². The summed E-state index contributed by atoms with van der Waals surface area (Å²) in [6, 6.07) is 31.5. The van der Waals surface area contributed by atoms with Crippen LogP contribution in [-0.4, -0.2) is 14.3 Å². The van der Waals surface area contributed by atoms with Crippen LogP contribution in [0.5, 0.6) is 11.5 Å². The van der Waals surface area contributed by atoms with Gasteiger partial charge in [0.05, 0.1) is 0 Å². The lowest BCUT2D eigenvalue weighted by atomic mass is 10.1. The monoisotopic (exact) mass is 501 g/mol. The molecule has 1 saturated heterocycles. The van der Waals surface area contributed by atoms with Gasteiger partial charge in [-0.1, -0.05) is 78.3 Å². The zero-order chi connectivity index (χ0) is 24.4. The van der Waals surface area contributed by atoms with Crippen LogP contribution >= 0.6 is 11.6 Å². The Kier molecular flexibility index (Phi) is 6.16. The van der Waals surface area contributed by atoms with Crippen molar-refractivity contribution in [1.29, 1.82) is 0 Å². The van der Waals surface area contributed by atoms with Crippen molar-refractivity contribution in [2.45, 2.75) is 5.37 Å². The maximum absolute atomic E-state index is 13.8. The Morgan fingerprint density at radius 3 is 2.14 bits per heavy atom. The van der Waals surface area contributed by atoms with Gasteiger partial charge in [-0.2, -0.15) is 0 Å². The van der Waals surface area contributed by atoms with Crippen molar-refractivity contribution in [2.75, 3.05) is 4.90 Å². The zero-order valence-electron chi connectivity index (χ0n) is 18.4. The van der Waals surface area contributed by atoms with Crippen LogP contribution in [0.25, 0.3) is 6.08 Å². The van der Waals surface area contributed by atoms with Crippen LogP contribution < -0.4 is 9.64 Å². The number of carbonyl (C=O) groups is 1. The van der Waals surface area contributed by atoms with Gasteiger partial charge in [-0.15, -0.1) is 0 Å². The van der Waals surface area contributed by atoms with E-state index in [1.807, 2.05) is 30.3 Å². The second-order valence-electron chi connectivity index (χ2n) is 7.96. The van der Waals surface area contributed by atoms with Crippen molar-refractivity contribution in [2.24, 2.45) is 0 Å². The van der Waals surface area contributed by atoms with Crippen molar-refractivity contribution in [3.63, 3.8) is 0 Å². The first-order chi connectivity index (χ1) is 16.9. The van der Waals surface area contributed by atoms with Gasteiger partial charge in [-0.3, -0.25) is 9.69 Å². The molecule has 4 aromatic rings. The van der Waals surface area contributed by atoms with Gasteiger partial charge >= 0.3 is 0 Å². The summed E-state index contributed by atoms with van der Waals surface area (Å²) < 4.78 is 33.4. The SMILES string of the molecule is O=C1/C(=C\c2cccc(Oc3ccccc3)c2)S(=O)(=O)C(c2ccccc2)N1c1cccc(Cl)c1. The Balaban J connectivity index is 1.59. The highest BCUT2D eigenvalue weighted by atomic mass is 35.5. The van der Waals surface area contributed by atoms with Crippen molar-refractivity contribution in [3.8, 4) is 11.5 Å². The number of ether oxygens (including phenoxy) is 1. The minimum Gasteiger partial charge on any atom is -0.457 e. The van der Waals surface area contributed by atoms with E-state index in [9.17, 15) is 13.2 Å². The Morgan fingerprint density at radius 1 is 0.771 bits per heavy atom. The van der Waals surface area contributed by atoms with Gasteiger partial charge in [0.1, 0.15) is 16.4 Å². The number of para-hydroxylation sites is 1. The molecule has 1 unspecified atom stereocenters. The molecular formula is C28H20ClNO4S. The summed E-state index contributed by atoms with van der Waals surface area (Å²) in [6.07, 6.45) is 1.40. The molecule has 1 amide bonds. The van der Waals surface area contributed by atoms with Crippen molar-refractivity contribution < 1.29 is 17.9 Å². The molecule has 0 spiro atoms. The maximum Gasteiger partial charge on any atom is 0.271 e. The number of amides is 1. The first-order valence-electron chi connectivity index (χ1n) is 10.9. The lowest BCUT2D eigenvalue weighted by Gasteiger charge is -2.23. The predicted octanol–water partition coefficient (Wildman–Crippen LogP) is 6.63. The largest absolute Gasteiger partial charge is 0.457 e. The Morgan fingerprint density at radius 2 is 1.43 bits per heavy atom. The summed E-state index contributed by atoms with van der Waals surface area (Å²) >= 11 is 6.17. The van der Waals surface area contributed by atoms with E-state index in [0.29, 0.717) is 33.3 Å². The van der Waals surface area contributed by atoms with Crippen LogP contribution in [0.4, 0.5) is 5.69 Å². The average molecular weight is 502 g/mol. The molecule has 0 radical (unpaired) electrons. The van der Waals surface area contributed by atoms with E-state index in [1.54, 1.807) is 78.9 Å². The summed E-state index contributed by atoms with van der Waals surface area (Å²) in [5, 5.41) is -0.799. The van der Waals surface area contributed by atoms with E-state index < -0.39 is 21.1 Å². The first kappa shape index (κ1) is 22.9. The number of hydrogen-bond acceptors (Lipinski definition) is 4. The molecule has 5 nitrogen and oxygen atoms in total. The summed E-state index contributed by atoms with van der Waals surface area (Å²) in [7, 11) is -4.06. The van der Waals surface area contributed by atoms with E-state index in [0.717, 1.165) is 0 Å². The highest BCUT2D eigenvalue weighted by Gasteiger charge is 2.50. The van der Waals surface area contributed by atoms with Crippen LogP contribution in [-0.2, 0) is 14.6 Å². The molecule has 0 N–H and O–H groups in total. The van der Waals surface area contributed by atoms with Crippen LogP contribution in [0.2, 0.25) is 5.02 Å². The molecule has 7 heteroatoms. The Bertz CT molecular complexity index is 1520. The van der Waals surface area contributed by atoms with Crippen molar-refractivity contribution in [1.82, 2.24) is 0 Å². The van der Waals surface area contributed by atoms with E-state index >= 15 is 0 Å². The molecule has 0 saturated carbocycles. The molecule has 1 fully saturated rings. The molecule has 0 bridgehead atoms. The van der Waals surface area contributed by atoms with Gasteiger partial charge in [0.25, 0.3) is 5.91 Å². The number of sulfone groups is 1. The number of hydrogen-bond donors (Lipinski definition) is 0. The van der Waals surface area contributed by atoms with Gasteiger partial charge in [0, 0.05) is 10.7 Å². The molecular weight excluding hydrogens is 482 g/mol. The number of nitrogens with zero attached hydrogens (tertiary/aromatic N) is 1. The molecule has 0 aromatic heterocycles. The fourth-order valence-electron chi connectivity index (χ4n) is 4.02. The maximum atomic E-state index is 13.8. The number of rotatable bonds is 5. The number of halogens is 1. The fraction of sp³-hybridized carbons (Fsp3) is 0.0357. The normalized spacial score (nSPS) is 18.1. The summed E-state index contributed by atoms with van der Waals surface area (Å²) in [5.41, 5.74) is 1.43. The Labute approximate surface area is 208 Å². The summed E-state index contributed by atoms with van der Waals surface area (Å²) in [6.45, 7) is 0. The van der Waals surface area contributed by atoms with Crippen LogP contribution in [0.1, 0.15) is 16.5 Å². The molecule has 1 heterocycles. The van der Waals surface area contributed by atoms with Crippen molar-refractivity contribution in [3.05, 3.63) is 130 Å². The van der Waals surface area contributed by atoms with E-state index in [1.165, 1.54) is 11.0 Å². The molecule has 5 rings (SSSR count). The minimum atomic E-state index is -4.06. The van der Waals surface area contributed by atoms with Crippen LogP contribution in [0.3, 0.4) is 0 Å². The molecule has 0 aliphatic carbocycles. The molecule has 1 aliphatic heterocycles. The Hall–Kier alpha value is -3.87. The summed E-state index contributed by atoms with van der Waals surface area (Å²) in [4.78, 5) is 14.6. The third-order valence-electron chi connectivity index (χ3n) is 5.57. The molecule has 1 atom stereocenters. The highest BCUT2D eigenvalue weighted by Crippen LogP contribution is 2.44.